The molecule has 1 atom stereocenters. The highest BCUT2D eigenvalue weighted by Crippen LogP contribution is 2.18. The van der Waals surface area contributed by atoms with Crippen LogP contribution in [0.15, 0.2) is 24.3 Å². The van der Waals surface area contributed by atoms with Crippen LogP contribution in [0.2, 0.25) is 0 Å². The Kier molecular flexibility index (Phi) is 8.42. The smallest absolute Gasteiger partial charge is 0.123 e. The van der Waals surface area contributed by atoms with E-state index < -0.39 is 0 Å². The van der Waals surface area contributed by atoms with Gasteiger partial charge in [-0.1, -0.05) is 26.0 Å². The lowest BCUT2D eigenvalue weighted by molar-refractivity contribution is 0.195. The van der Waals surface area contributed by atoms with E-state index in [0.717, 1.165) is 38.0 Å². The standard InChI is InChI=1S/C16H27FN2O/c1-3-10-18-16(9-11-19(4-2)12-13-20)14-5-7-15(17)8-6-14/h5-8,16,18,20H,3-4,9-13H2,1-2H3. The van der Waals surface area contributed by atoms with E-state index >= 15 is 0 Å². The second-order valence-electron chi connectivity index (χ2n) is 5.00. The van der Waals surface area contributed by atoms with Gasteiger partial charge in [-0.2, -0.15) is 0 Å². The number of hydrogen-bond acceptors (Lipinski definition) is 3. The van der Waals surface area contributed by atoms with E-state index in [2.05, 4.69) is 24.1 Å². The number of aliphatic hydroxyl groups excluding tert-OH is 1. The Labute approximate surface area is 121 Å². The molecule has 0 fully saturated rings. The summed E-state index contributed by atoms with van der Waals surface area (Å²) in [6, 6.07) is 6.97. The highest BCUT2D eigenvalue weighted by atomic mass is 19.1. The molecule has 20 heavy (non-hydrogen) atoms. The van der Waals surface area contributed by atoms with E-state index in [1.165, 1.54) is 12.1 Å². The second-order valence-corrected chi connectivity index (χ2v) is 5.00. The molecular formula is C16H27FN2O. The molecule has 0 amide bonds. The van der Waals surface area contributed by atoms with Gasteiger partial charge in [-0.3, -0.25) is 0 Å². The maximum Gasteiger partial charge on any atom is 0.123 e. The number of nitrogens with one attached hydrogen (secondary N) is 1. The Hall–Kier alpha value is -0.970. The maximum absolute atomic E-state index is 13.0. The van der Waals surface area contributed by atoms with Gasteiger partial charge >= 0.3 is 0 Å². The van der Waals surface area contributed by atoms with Gasteiger partial charge in [-0.05, 0) is 43.6 Å². The average molecular weight is 282 g/mol. The second kappa shape index (κ2) is 9.86. The predicted octanol–water partition coefficient (Wildman–Crippen LogP) is 2.57. The van der Waals surface area contributed by atoms with E-state index in [0.29, 0.717) is 6.54 Å². The van der Waals surface area contributed by atoms with Crippen molar-refractivity contribution in [3.8, 4) is 0 Å². The quantitative estimate of drug-likeness (QED) is 0.692. The largest absolute Gasteiger partial charge is 0.395 e. The molecule has 114 valence electrons. The minimum absolute atomic E-state index is 0.192. The lowest BCUT2D eigenvalue weighted by Crippen LogP contribution is -2.31. The highest BCUT2D eigenvalue weighted by Gasteiger charge is 2.12. The number of benzene rings is 1. The number of aliphatic hydroxyl groups is 1. The van der Waals surface area contributed by atoms with Crippen molar-refractivity contribution in [1.82, 2.24) is 10.2 Å². The molecule has 3 nitrogen and oxygen atoms in total. The fraction of sp³-hybridized carbons (Fsp3) is 0.625. The minimum atomic E-state index is -0.196. The zero-order chi connectivity index (χ0) is 14.8. The van der Waals surface area contributed by atoms with Gasteiger partial charge in [-0.25, -0.2) is 4.39 Å². The molecule has 0 saturated heterocycles. The fourth-order valence-corrected chi connectivity index (χ4v) is 2.28. The third kappa shape index (κ3) is 5.99. The summed E-state index contributed by atoms with van der Waals surface area (Å²) in [5.41, 5.74) is 1.12. The molecule has 0 heterocycles. The Balaban J connectivity index is 2.61. The summed E-state index contributed by atoms with van der Waals surface area (Å²) in [4.78, 5) is 2.23. The lowest BCUT2D eigenvalue weighted by atomic mass is 10.0. The van der Waals surface area contributed by atoms with Crippen molar-refractivity contribution in [2.24, 2.45) is 0 Å². The van der Waals surface area contributed by atoms with Crippen molar-refractivity contribution in [2.75, 3.05) is 32.8 Å². The third-order valence-electron chi connectivity index (χ3n) is 3.51. The van der Waals surface area contributed by atoms with Gasteiger partial charge in [0, 0.05) is 19.1 Å². The van der Waals surface area contributed by atoms with E-state index in [1.807, 2.05) is 12.1 Å². The highest BCUT2D eigenvalue weighted by molar-refractivity contribution is 5.19. The maximum atomic E-state index is 13.0. The van der Waals surface area contributed by atoms with Crippen molar-refractivity contribution in [2.45, 2.75) is 32.7 Å². The lowest BCUT2D eigenvalue weighted by Gasteiger charge is -2.24. The van der Waals surface area contributed by atoms with Crippen LogP contribution >= 0.6 is 0 Å². The monoisotopic (exact) mass is 282 g/mol. The van der Waals surface area contributed by atoms with Gasteiger partial charge in [0.05, 0.1) is 6.61 Å². The van der Waals surface area contributed by atoms with E-state index in [4.69, 9.17) is 5.11 Å². The van der Waals surface area contributed by atoms with Crippen LogP contribution in [0.1, 0.15) is 38.3 Å². The van der Waals surface area contributed by atoms with Crippen LogP contribution in [-0.4, -0.2) is 42.8 Å². The number of rotatable bonds is 10. The summed E-state index contributed by atoms with van der Waals surface area (Å²) in [5.74, 6) is -0.196. The van der Waals surface area contributed by atoms with Gasteiger partial charge < -0.3 is 15.3 Å². The average Bonchev–Trinajstić information content (AvgIpc) is 2.47. The third-order valence-corrected chi connectivity index (χ3v) is 3.51. The molecule has 4 heteroatoms. The SMILES string of the molecule is CCCNC(CCN(CC)CCO)c1ccc(F)cc1. The first-order valence-corrected chi connectivity index (χ1v) is 7.53. The molecule has 0 radical (unpaired) electrons. The van der Waals surface area contributed by atoms with Crippen molar-refractivity contribution < 1.29 is 9.50 Å². The van der Waals surface area contributed by atoms with Crippen LogP contribution in [0.3, 0.4) is 0 Å². The summed E-state index contributed by atoms with van der Waals surface area (Å²) in [6.45, 7) is 7.95. The zero-order valence-corrected chi connectivity index (χ0v) is 12.6. The first-order chi connectivity index (χ1) is 9.71. The van der Waals surface area contributed by atoms with Gasteiger partial charge in [-0.15, -0.1) is 0 Å². The number of likely N-dealkylation sites (N-methyl/N-ethyl adjacent to an activating group) is 1. The van der Waals surface area contributed by atoms with Gasteiger partial charge in [0.1, 0.15) is 5.82 Å². The van der Waals surface area contributed by atoms with Crippen molar-refractivity contribution in [3.05, 3.63) is 35.6 Å². The number of hydrogen-bond donors (Lipinski definition) is 2. The predicted molar refractivity (Wildman–Crippen MR) is 81.3 cm³/mol. The van der Waals surface area contributed by atoms with Crippen LogP contribution in [-0.2, 0) is 0 Å². The molecule has 0 aliphatic carbocycles. The molecule has 0 aromatic heterocycles. The molecule has 1 unspecified atom stereocenters. The molecular weight excluding hydrogens is 255 g/mol. The molecule has 0 saturated carbocycles. The van der Waals surface area contributed by atoms with Gasteiger partial charge in [0.2, 0.25) is 0 Å². The van der Waals surface area contributed by atoms with E-state index in [9.17, 15) is 4.39 Å². The first-order valence-electron chi connectivity index (χ1n) is 7.53. The molecule has 0 spiro atoms. The van der Waals surface area contributed by atoms with Gasteiger partial charge in [0.15, 0.2) is 0 Å². The topological polar surface area (TPSA) is 35.5 Å². The summed E-state index contributed by atoms with van der Waals surface area (Å²) >= 11 is 0. The van der Waals surface area contributed by atoms with Crippen molar-refractivity contribution in [3.63, 3.8) is 0 Å². The molecule has 0 aliphatic rings. The number of nitrogens with zero attached hydrogens (tertiary/aromatic N) is 1. The Morgan fingerprint density at radius 3 is 2.45 bits per heavy atom. The van der Waals surface area contributed by atoms with Gasteiger partial charge in [0.25, 0.3) is 0 Å². The Bertz CT molecular complexity index is 356. The van der Waals surface area contributed by atoms with Crippen LogP contribution in [0.4, 0.5) is 4.39 Å². The van der Waals surface area contributed by atoms with E-state index in [-0.39, 0.29) is 18.5 Å². The first kappa shape index (κ1) is 17.1. The Morgan fingerprint density at radius 2 is 1.90 bits per heavy atom. The minimum Gasteiger partial charge on any atom is -0.395 e. The van der Waals surface area contributed by atoms with Crippen LogP contribution in [0, 0.1) is 5.82 Å². The Morgan fingerprint density at radius 1 is 1.20 bits per heavy atom. The summed E-state index contributed by atoms with van der Waals surface area (Å²) in [6.07, 6.45) is 2.03. The molecule has 1 aromatic carbocycles. The van der Waals surface area contributed by atoms with Crippen molar-refractivity contribution >= 4 is 0 Å². The normalized spacial score (nSPS) is 12.8. The van der Waals surface area contributed by atoms with Crippen LogP contribution < -0.4 is 5.32 Å². The summed E-state index contributed by atoms with van der Waals surface area (Å²) in [5, 5.41) is 12.5. The van der Waals surface area contributed by atoms with Crippen molar-refractivity contribution in [1.29, 1.82) is 0 Å². The molecule has 2 N–H and O–H groups in total. The molecule has 1 rings (SSSR count). The molecule has 0 aliphatic heterocycles. The van der Waals surface area contributed by atoms with Crippen LogP contribution in [0.25, 0.3) is 0 Å². The zero-order valence-electron chi connectivity index (χ0n) is 12.6. The van der Waals surface area contributed by atoms with E-state index in [1.54, 1.807) is 0 Å². The summed E-state index contributed by atoms with van der Waals surface area (Å²) < 4.78 is 13.0. The number of halogens is 1. The van der Waals surface area contributed by atoms with Crippen LogP contribution in [0.5, 0.6) is 0 Å². The molecule has 1 aromatic rings. The molecule has 0 bridgehead atoms. The fourth-order valence-electron chi connectivity index (χ4n) is 2.28. The summed E-state index contributed by atoms with van der Waals surface area (Å²) in [7, 11) is 0.